The van der Waals surface area contributed by atoms with Gasteiger partial charge in [0.1, 0.15) is 0 Å². The van der Waals surface area contributed by atoms with E-state index in [1.54, 1.807) is 0 Å². The maximum Gasteiger partial charge on any atom is 0.0148 e. The Morgan fingerprint density at radius 3 is 2.46 bits per heavy atom. The van der Waals surface area contributed by atoms with Crippen LogP contribution in [-0.4, -0.2) is 4.83 Å². The summed E-state index contributed by atoms with van der Waals surface area (Å²) in [5.41, 5.74) is 1.45. The molecule has 0 heterocycles. The molecule has 1 unspecified atom stereocenters. The van der Waals surface area contributed by atoms with E-state index in [9.17, 15) is 0 Å². The fourth-order valence-electron chi connectivity index (χ4n) is 1.43. The van der Waals surface area contributed by atoms with Gasteiger partial charge >= 0.3 is 0 Å². The van der Waals surface area contributed by atoms with Gasteiger partial charge in [0.15, 0.2) is 0 Å². The van der Waals surface area contributed by atoms with E-state index >= 15 is 0 Å². The van der Waals surface area contributed by atoms with Crippen LogP contribution in [0.4, 0.5) is 0 Å². The molecule has 0 N–H and O–H groups in total. The Kier molecular flexibility index (Phi) is 5.14. The van der Waals surface area contributed by atoms with Gasteiger partial charge in [-0.2, -0.15) is 0 Å². The zero-order chi connectivity index (χ0) is 9.52. The molecule has 0 saturated carbocycles. The Morgan fingerprint density at radius 1 is 1.15 bits per heavy atom. The highest BCUT2D eigenvalue weighted by atomic mass is 79.9. The number of alkyl halides is 1. The van der Waals surface area contributed by atoms with Gasteiger partial charge in [0.2, 0.25) is 0 Å². The van der Waals surface area contributed by atoms with Gasteiger partial charge in [0.25, 0.3) is 0 Å². The monoisotopic (exact) mass is 240 g/mol. The third kappa shape index (κ3) is 4.47. The average molecular weight is 241 g/mol. The van der Waals surface area contributed by atoms with Crippen molar-refractivity contribution in [1.82, 2.24) is 0 Å². The highest BCUT2D eigenvalue weighted by Gasteiger charge is 2.02. The van der Waals surface area contributed by atoms with Crippen LogP contribution in [0.25, 0.3) is 0 Å². The largest absolute Gasteiger partial charge is 0.0891 e. The molecule has 1 rings (SSSR count). The Hall–Kier alpha value is -0.300. The van der Waals surface area contributed by atoms with E-state index < -0.39 is 0 Å². The fourth-order valence-corrected chi connectivity index (χ4v) is 2.11. The summed E-state index contributed by atoms with van der Waals surface area (Å²) < 4.78 is 0. The molecule has 0 bridgehead atoms. The third-order valence-electron chi connectivity index (χ3n) is 2.19. The second-order valence-electron chi connectivity index (χ2n) is 3.41. The van der Waals surface area contributed by atoms with E-state index in [-0.39, 0.29) is 0 Å². The van der Waals surface area contributed by atoms with Gasteiger partial charge in [0.05, 0.1) is 0 Å². The third-order valence-corrected chi connectivity index (χ3v) is 3.11. The molecule has 0 spiro atoms. The van der Waals surface area contributed by atoms with E-state index in [0.717, 1.165) is 0 Å². The van der Waals surface area contributed by atoms with Crippen LogP contribution in [-0.2, 0) is 6.42 Å². The fraction of sp³-hybridized carbons (Fsp3) is 0.500. The second-order valence-corrected chi connectivity index (χ2v) is 4.71. The molecular weight excluding hydrogens is 224 g/mol. The van der Waals surface area contributed by atoms with Crippen molar-refractivity contribution in [1.29, 1.82) is 0 Å². The van der Waals surface area contributed by atoms with Crippen molar-refractivity contribution in [3.05, 3.63) is 35.9 Å². The predicted octanol–water partition coefficient (Wildman–Crippen LogP) is 4.18. The number of benzene rings is 1. The van der Waals surface area contributed by atoms with Crippen LogP contribution in [0.15, 0.2) is 30.3 Å². The maximum atomic E-state index is 3.70. The molecule has 1 aromatic carbocycles. The Morgan fingerprint density at radius 2 is 1.85 bits per heavy atom. The lowest BCUT2D eigenvalue weighted by Crippen LogP contribution is -1.99. The van der Waals surface area contributed by atoms with Gasteiger partial charge in [-0.05, 0) is 24.8 Å². The Balaban J connectivity index is 2.27. The molecule has 1 heteroatoms. The number of halogens is 1. The van der Waals surface area contributed by atoms with Crippen LogP contribution in [0.5, 0.6) is 0 Å². The minimum atomic E-state index is 0.692. The first kappa shape index (κ1) is 10.8. The van der Waals surface area contributed by atoms with Crippen molar-refractivity contribution in [2.45, 2.75) is 37.4 Å². The van der Waals surface area contributed by atoms with Crippen LogP contribution in [0, 0.1) is 0 Å². The van der Waals surface area contributed by atoms with E-state index in [1.165, 1.54) is 31.2 Å². The summed E-state index contributed by atoms with van der Waals surface area (Å²) in [5.74, 6) is 0. The first-order valence-electron chi connectivity index (χ1n) is 5.01. The van der Waals surface area contributed by atoms with Crippen LogP contribution in [0.1, 0.15) is 31.7 Å². The molecule has 1 aromatic rings. The van der Waals surface area contributed by atoms with Crippen LogP contribution in [0.3, 0.4) is 0 Å². The molecule has 0 fully saturated rings. The molecule has 0 radical (unpaired) electrons. The quantitative estimate of drug-likeness (QED) is 0.678. The molecule has 72 valence electrons. The van der Waals surface area contributed by atoms with Gasteiger partial charge in [-0.3, -0.25) is 0 Å². The van der Waals surface area contributed by atoms with Crippen LogP contribution >= 0.6 is 15.9 Å². The topological polar surface area (TPSA) is 0 Å². The van der Waals surface area contributed by atoms with E-state index in [0.29, 0.717) is 4.83 Å². The molecule has 0 saturated heterocycles. The lowest BCUT2D eigenvalue weighted by atomic mass is 10.1. The zero-order valence-corrected chi connectivity index (χ0v) is 9.76. The highest BCUT2D eigenvalue weighted by Crippen LogP contribution is 2.15. The normalized spacial score (nSPS) is 12.8. The smallest absolute Gasteiger partial charge is 0.0148 e. The summed E-state index contributed by atoms with van der Waals surface area (Å²) in [6.45, 7) is 2.23. The van der Waals surface area contributed by atoms with E-state index in [1.807, 2.05) is 0 Å². The summed E-state index contributed by atoms with van der Waals surface area (Å²) in [6, 6.07) is 10.7. The Bertz CT molecular complexity index is 218. The van der Waals surface area contributed by atoms with Gasteiger partial charge in [0, 0.05) is 4.83 Å². The minimum absolute atomic E-state index is 0.692. The van der Waals surface area contributed by atoms with Gasteiger partial charge < -0.3 is 0 Å². The first-order chi connectivity index (χ1) is 6.33. The minimum Gasteiger partial charge on any atom is -0.0891 e. The summed E-state index contributed by atoms with van der Waals surface area (Å²) in [5, 5.41) is 0. The van der Waals surface area contributed by atoms with E-state index in [2.05, 4.69) is 53.2 Å². The van der Waals surface area contributed by atoms with Gasteiger partial charge in [-0.15, -0.1) is 0 Å². The van der Waals surface area contributed by atoms with E-state index in [4.69, 9.17) is 0 Å². The summed E-state index contributed by atoms with van der Waals surface area (Å²) in [4.78, 5) is 0.692. The molecular formula is C12H17Br. The second kappa shape index (κ2) is 6.20. The zero-order valence-electron chi connectivity index (χ0n) is 8.17. The van der Waals surface area contributed by atoms with Gasteiger partial charge in [-0.25, -0.2) is 0 Å². The molecule has 0 amide bonds. The van der Waals surface area contributed by atoms with Crippen molar-refractivity contribution in [2.75, 3.05) is 0 Å². The molecule has 0 nitrogen and oxygen atoms in total. The molecule has 1 atom stereocenters. The molecule has 13 heavy (non-hydrogen) atoms. The highest BCUT2D eigenvalue weighted by molar-refractivity contribution is 9.09. The average Bonchev–Trinajstić information content (AvgIpc) is 2.17. The Labute approximate surface area is 89.5 Å². The van der Waals surface area contributed by atoms with Crippen molar-refractivity contribution < 1.29 is 0 Å². The number of hydrogen-bond acceptors (Lipinski definition) is 0. The number of hydrogen-bond donors (Lipinski definition) is 0. The summed E-state index contributed by atoms with van der Waals surface area (Å²) >= 11 is 3.70. The lowest BCUT2D eigenvalue weighted by Gasteiger charge is -2.07. The maximum absolute atomic E-state index is 3.70. The molecule has 0 aliphatic heterocycles. The van der Waals surface area contributed by atoms with Crippen molar-refractivity contribution >= 4 is 15.9 Å². The standard InChI is InChI=1S/C12H17Br/c1-2-6-12(13)10-9-11-7-4-3-5-8-11/h3-5,7-8,12H,2,6,9-10H2,1H3. The lowest BCUT2D eigenvalue weighted by molar-refractivity contribution is 0.693. The van der Waals surface area contributed by atoms with Crippen LogP contribution < -0.4 is 0 Å². The number of rotatable bonds is 5. The predicted molar refractivity (Wildman–Crippen MR) is 62.4 cm³/mol. The molecule has 0 aliphatic rings. The number of aryl methyl sites for hydroxylation is 1. The first-order valence-corrected chi connectivity index (χ1v) is 5.92. The molecule has 0 aliphatic carbocycles. The van der Waals surface area contributed by atoms with Crippen molar-refractivity contribution in [2.24, 2.45) is 0 Å². The van der Waals surface area contributed by atoms with Crippen molar-refractivity contribution in [3.63, 3.8) is 0 Å². The van der Waals surface area contributed by atoms with Crippen molar-refractivity contribution in [3.8, 4) is 0 Å². The SMILES string of the molecule is CCCC(Br)CCc1ccccc1. The summed E-state index contributed by atoms with van der Waals surface area (Å²) in [7, 11) is 0. The summed E-state index contributed by atoms with van der Waals surface area (Å²) in [6.07, 6.45) is 4.99. The molecule has 0 aromatic heterocycles. The van der Waals surface area contributed by atoms with Gasteiger partial charge in [-0.1, -0.05) is 59.6 Å². The van der Waals surface area contributed by atoms with Crippen LogP contribution in [0.2, 0.25) is 0 Å².